The molecule has 1 aromatic rings. The van der Waals surface area contributed by atoms with Crippen molar-refractivity contribution in [2.24, 2.45) is 5.73 Å². The van der Waals surface area contributed by atoms with Crippen molar-refractivity contribution in [2.45, 2.75) is 37.5 Å². The van der Waals surface area contributed by atoms with Crippen LogP contribution in [-0.2, 0) is 0 Å². The van der Waals surface area contributed by atoms with Crippen LogP contribution in [0.2, 0.25) is 0 Å². The van der Waals surface area contributed by atoms with Crippen LogP contribution in [0.1, 0.15) is 38.2 Å². The van der Waals surface area contributed by atoms with Gasteiger partial charge in [-0.1, -0.05) is 38.3 Å². The van der Waals surface area contributed by atoms with Gasteiger partial charge in [-0.2, -0.15) is 0 Å². The lowest BCUT2D eigenvalue weighted by Gasteiger charge is -2.03. The Bertz CT molecular complexity index is 319. The molecule has 0 aliphatic heterocycles. The largest absolute Gasteiger partial charge is 0.384 e. The van der Waals surface area contributed by atoms with E-state index < -0.39 is 0 Å². The second-order valence-electron chi connectivity index (χ2n) is 3.85. The van der Waals surface area contributed by atoms with Gasteiger partial charge in [0.15, 0.2) is 0 Å². The third-order valence-corrected chi connectivity index (χ3v) is 3.53. The van der Waals surface area contributed by atoms with Gasteiger partial charge >= 0.3 is 0 Å². The maximum Gasteiger partial charge on any atom is 0.122 e. The Morgan fingerprint density at radius 2 is 1.88 bits per heavy atom. The first-order valence-corrected chi connectivity index (χ1v) is 6.80. The highest BCUT2D eigenvalue weighted by molar-refractivity contribution is 7.99. The summed E-state index contributed by atoms with van der Waals surface area (Å²) in [6.45, 7) is 2.23. The van der Waals surface area contributed by atoms with Gasteiger partial charge in [0.05, 0.1) is 0 Å². The zero-order chi connectivity index (χ0) is 11.8. The first-order valence-electron chi connectivity index (χ1n) is 5.81. The number of amidine groups is 1. The minimum atomic E-state index is 0.138. The molecule has 0 saturated carbocycles. The second kappa shape index (κ2) is 7.34. The van der Waals surface area contributed by atoms with Gasteiger partial charge in [0.25, 0.3) is 0 Å². The van der Waals surface area contributed by atoms with Crippen LogP contribution < -0.4 is 5.73 Å². The fourth-order valence-corrected chi connectivity index (χ4v) is 2.36. The fraction of sp³-hybridized carbons (Fsp3) is 0.462. The molecular formula is C13H20N2S. The first kappa shape index (κ1) is 13.1. The molecule has 2 nitrogen and oxygen atoms in total. The van der Waals surface area contributed by atoms with E-state index in [1.54, 1.807) is 0 Å². The number of unbranched alkanes of at least 4 members (excludes halogenated alkanes) is 3. The Hall–Kier alpha value is -0.960. The summed E-state index contributed by atoms with van der Waals surface area (Å²) in [4.78, 5) is 1.27. The minimum Gasteiger partial charge on any atom is -0.384 e. The Morgan fingerprint density at radius 1 is 1.19 bits per heavy atom. The summed E-state index contributed by atoms with van der Waals surface area (Å²) in [6.07, 6.45) is 5.24. The Morgan fingerprint density at radius 3 is 2.44 bits per heavy atom. The van der Waals surface area contributed by atoms with Crippen LogP contribution in [0.25, 0.3) is 0 Å². The van der Waals surface area contributed by atoms with Gasteiger partial charge in [0.2, 0.25) is 0 Å². The van der Waals surface area contributed by atoms with Gasteiger partial charge in [0, 0.05) is 10.5 Å². The average Bonchev–Trinajstić information content (AvgIpc) is 2.29. The first-order chi connectivity index (χ1) is 7.74. The molecule has 88 valence electrons. The topological polar surface area (TPSA) is 49.9 Å². The van der Waals surface area contributed by atoms with Crippen LogP contribution >= 0.6 is 11.8 Å². The van der Waals surface area contributed by atoms with E-state index in [-0.39, 0.29) is 5.84 Å². The number of nitrogens with two attached hydrogens (primary N) is 1. The van der Waals surface area contributed by atoms with Crippen LogP contribution in [0.5, 0.6) is 0 Å². The quantitative estimate of drug-likeness (QED) is 0.328. The van der Waals surface area contributed by atoms with Crippen LogP contribution in [0.15, 0.2) is 29.2 Å². The van der Waals surface area contributed by atoms with Crippen molar-refractivity contribution in [3.05, 3.63) is 29.8 Å². The summed E-state index contributed by atoms with van der Waals surface area (Å²) in [7, 11) is 0. The summed E-state index contributed by atoms with van der Waals surface area (Å²) in [5.41, 5.74) is 6.20. The van der Waals surface area contributed by atoms with Crippen LogP contribution in [-0.4, -0.2) is 11.6 Å². The number of nitrogens with one attached hydrogen (secondary N) is 1. The van der Waals surface area contributed by atoms with E-state index in [1.807, 2.05) is 36.0 Å². The van der Waals surface area contributed by atoms with Gasteiger partial charge in [0.1, 0.15) is 5.84 Å². The maximum absolute atomic E-state index is 7.29. The van der Waals surface area contributed by atoms with Crippen molar-refractivity contribution < 1.29 is 0 Å². The van der Waals surface area contributed by atoms with E-state index in [1.165, 1.54) is 36.3 Å². The lowest BCUT2D eigenvalue weighted by atomic mass is 10.2. The van der Waals surface area contributed by atoms with E-state index in [0.717, 1.165) is 5.56 Å². The highest BCUT2D eigenvalue weighted by Gasteiger charge is 1.97. The summed E-state index contributed by atoms with van der Waals surface area (Å²) < 4.78 is 0. The molecule has 0 saturated heterocycles. The molecule has 0 atom stereocenters. The molecular weight excluding hydrogens is 216 g/mol. The molecule has 0 aliphatic rings. The molecule has 0 radical (unpaired) electrons. The Labute approximate surface area is 102 Å². The number of rotatable bonds is 7. The zero-order valence-corrected chi connectivity index (χ0v) is 10.6. The van der Waals surface area contributed by atoms with Crippen molar-refractivity contribution >= 4 is 17.6 Å². The lowest BCUT2D eigenvalue weighted by molar-refractivity contribution is 0.706. The summed E-state index contributed by atoms with van der Waals surface area (Å²) >= 11 is 1.88. The summed E-state index contributed by atoms with van der Waals surface area (Å²) in [5, 5.41) is 7.29. The molecule has 0 unspecified atom stereocenters. The number of thioether (sulfide) groups is 1. The SMILES string of the molecule is CCCCCCSc1ccc(C(=N)N)cc1. The normalized spacial score (nSPS) is 10.3. The molecule has 0 amide bonds. The van der Waals surface area contributed by atoms with Crippen molar-refractivity contribution in [1.82, 2.24) is 0 Å². The Kier molecular flexibility index (Phi) is 6.01. The second-order valence-corrected chi connectivity index (χ2v) is 5.02. The van der Waals surface area contributed by atoms with Crippen LogP contribution in [0.3, 0.4) is 0 Å². The van der Waals surface area contributed by atoms with Crippen molar-refractivity contribution in [3.8, 4) is 0 Å². The number of hydrogen-bond acceptors (Lipinski definition) is 2. The lowest BCUT2D eigenvalue weighted by Crippen LogP contribution is -2.10. The molecule has 3 heteroatoms. The van der Waals surface area contributed by atoms with Crippen LogP contribution in [0.4, 0.5) is 0 Å². The van der Waals surface area contributed by atoms with E-state index in [9.17, 15) is 0 Å². The fourth-order valence-electron chi connectivity index (χ4n) is 1.45. The molecule has 0 spiro atoms. The predicted octanol–water partition coefficient (Wildman–Crippen LogP) is 3.64. The van der Waals surface area contributed by atoms with Gasteiger partial charge in [-0.25, -0.2) is 0 Å². The van der Waals surface area contributed by atoms with Gasteiger partial charge in [-0.15, -0.1) is 11.8 Å². The number of hydrogen-bond donors (Lipinski definition) is 2. The molecule has 16 heavy (non-hydrogen) atoms. The molecule has 1 aromatic carbocycles. The standard InChI is InChI=1S/C13H20N2S/c1-2-3-4-5-10-16-12-8-6-11(7-9-12)13(14)15/h6-9H,2-5,10H2,1H3,(H3,14,15). The van der Waals surface area contributed by atoms with E-state index >= 15 is 0 Å². The molecule has 0 heterocycles. The molecule has 0 aliphatic carbocycles. The highest BCUT2D eigenvalue weighted by Crippen LogP contribution is 2.20. The highest BCUT2D eigenvalue weighted by atomic mass is 32.2. The molecule has 0 bridgehead atoms. The number of benzene rings is 1. The maximum atomic E-state index is 7.29. The predicted molar refractivity (Wildman–Crippen MR) is 72.3 cm³/mol. The molecule has 1 rings (SSSR count). The van der Waals surface area contributed by atoms with Crippen LogP contribution in [0, 0.1) is 5.41 Å². The molecule has 0 aromatic heterocycles. The summed E-state index contributed by atoms with van der Waals surface area (Å²) in [5.74, 6) is 1.32. The van der Waals surface area contributed by atoms with E-state index in [0.29, 0.717) is 0 Å². The molecule has 0 fully saturated rings. The van der Waals surface area contributed by atoms with E-state index in [4.69, 9.17) is 11.1 Å². The summed E-state index contributed by atoms with van der Waals surface area (Å²) in [6, 6.07) is 7.91. The Balaban J connectivity index is 2.29. The van der Waals surface area contributed by atoms with Crippen molar-refractivity contribution in [2.75, 3.05) is 5.75 Å². The number of nitrogen functional groups attached to an aromatic ring is 1. The third-order valence-electron chi connectivity index (χ3n) is 2.43. The zero-order valence-electron chi connectivity index (χ0n) is 9.83. The van der Waals surface area contributed by atoms with Gasteiger partial charge in [-0.05, 0) is 24.3 Å². The molecule has 3 N–H and O–H groups in total. The van der Waals surface area contributed by atoms with Gasteiger partial charge < -0.3 is 5.73 Å². The minimum absolute atomic E-state index is 0.138. The average molecular weight is 236 g/mol. The van der Waals surface area contributed by atoms with E-state index in [2.05, 4.69) is 6.92 Å². The van der Waals surface area contributed by atoms with Crippen molar-refractivity contribution in [3.63, 3.8) is 0 Å². The monoisotopic (exact) mass is 236 g/mol. The smallest absolute Gasteiger partial charge is 0.122 e. The van der Waals surface area contributed by atoms with Crippen molar-refractivity contribution in [1.29, 1.82) is 5.41 Å². The van der Waals surface area contributed by atoms with Gasteiger partial charge in [-0.3, -0.25) is 5.41 Å². The third kappa shape index (κ3) is 4.71.